The van der Waals surface area contributed by atoms with Crippen molar-refractivity contribution in [3.63, 3.8) is 0 Å². The first kappa shape index (κ1) is 15.2. The first-order valence-corrected chi connectivity index (χ1v) is 7.55. The summed E-state index contributed by atoms with van der Waals surface area (Å²) < 4.78 is 17.5. The third kappa shape index (κ3) is 3.46. The molecule has 0 spiro atoms. The Bertz CT molecular complexity index is 700. The Morgan fingerprint density at radius 3 is 2.81 bits per heavy atom. The van der Waals surface area contributed by atoms with Gasteiger partial charge in [-0.15, -0.1) is 0 Å². The van der Waals surface area contributed by atoms with Crippen LogP contribution in [0.3, 0.4) is 0 Å². The van der Waals surface area contributed by atoms with Crippen molar-refractivity contribution in [2.75, 3.05) is 7.11 Å². The van der Waals surface area contributed by atoms with Gasteiger partial charge in [0.05, 0.1) is 29.2 Å². The van der Waals surface area contributed by atoms with Crippen molar-refractivity contribution in [1.82, 2.24) is 4.98 Å². The Labute approximate surface area is 125 Å². The van der Waals surface area contributed by atoms with Gasteiger partial charge in [0.2, 0.25) is 5.88 Å². The predicted molar refractivity (Wildman–Crippen MR) is 79.0 cm³/mol. The van der Waals surface area contributed by atoms with Gasteiger partial charge in [0.15, 0.2) is 0 Å². The summed E-state index contributed by atoms with van der Waals surface area (Å²) in [6, 6.07) is 8.33. The number of carbonyl (C=O) groups is 1. The standard InChI is InChI=1S/C15H15NO4S/c1-10-5-6-12(8-13(10)15(17)18)21(19)9-11-4-3-7-16-14(11)20-2/h3-8H,9H2,1-2H3,(H,17,18). The zero-order valence-electron chi connectivity index (χ0n) is 11.7. The molecule has 2 rings (SSSR count). The molecule has 0 aliphatic carbocycles. The normalized spacial score (nSPS) is 11.9. The molecule has 0 radical (unpaired) electrons. The molecule has 5 nitrogen and oxygen atoms in total. The summed E-state index contributed by atoms with van der Waals surface area (Å²) in [7, 11) is 0.138. The van der Waals surface area contributed by atoms with E-state index in [9.17, 15) is 9.00 Å². The maximum absolute atomic E-state index is 12.4. The Morgan fingerprint density at radius 2 is 2.14 bits per heavy atom. The predicted octanol–water partition coefficient (Wildman–Crippen LogP) is 2.40. The van der Waals surface area contributed by atoms with E-state index in [1.54, 1.807) is 37.4 Å². The number of nitrogens with zero attached hydrogens (tertiary/aromatic N) is 1. The van der Waals surface area contributed by atoms with Gasteiger partial charge >= 0.3 is 5.97 Å². The lowest BCUT2D eigenvalue weighted by Gasteiger charge is -2.08. The highest BCUT2D eigenvalue weighted by atomic mass is 32.2. The van der Waals surface area contributed by atoms with Gasteiger partial charge in [-0.3, -0.25) is 4.21 Å². The number of aromatic nitrogens is 1. The van der Waals surface area contributed by atoms with Crippen molar-refractivity contribution in [2.45, 2.75) is 17.6 Å². The van der Waals surface area contributed by atoms with Gasteiger partial charge in [0.25, 0.3) is 0 Å². The molecule has 110 valence electrons. The number of methoxy groups -OCH3 is 1. The zero-order chi connectivity index (χ0) is 15.4. The summed E-state index contributed by atoms with van der Waals surface area (Å²) in [5.74, 6) is -0.374. The molecule has 0 aliphatic rings. The van der Waals surface area contributed by atoms with E-state index in [0.717, 1.165) is 5.56 Å². The number of carboxylic acids is 1. The highest BCUT2D eigenvalue weighted by molar-refractivity contribution is 7.84. The maximum atomic E-state index is 12.4. The van der Waals surface area contributed by atoms with Crippen LogP contribution >= 0.6 is 0 Å². The van der Waals surface area contributed by atoms with Crippen LogP contribution in [0.1, 0.15) is 21.5 Å². The summed E-state index contributed by atoms with van der Waals surface area (Å²) in [6.45, 7) is 1.71. The average molecular weight is 305 g/mol. The molecule has 1 N–H and O–H groups in total. The van der Waals surface area contributed by atoms with Gasteiger partial charge in [-0.25, -0.2) is 9.78 Å². The van der Waals surface area contributed by atoms with Crippen LogP contribution in [0.15, 0.2) is 41.4 Å². The number of carboxylic acid groups (broad SMARTS) is 1. The molecule has 1 aromatic heterocycles. The number of rotatable bonds is 5. The van der Waals surface area contributed by atoms with Crippen LogP contribution in [0.25, 0.3) is 0 Å². The van der Waals surface area contributed by atoms with E-state index in [1.807, 2.05) is 0 Å². The van der Waals surface area contributed by atoms with Crippen molar-refractivity contribution >= 4 is 16.8 Å². The highest BCUT2D eigenvalue weighted by Crippen LogP contribution is 2.21. The van der Waals surface area contributed by atoms with E-state index in [-0.39, 0.29) is 11.3 Å². The second-order valence-corrected chi connectivity index (χ2v) is 5.89. The van der Waals surface area contributed by atoms with E-state index in [1.165, 1.54) is 13.2 Å². The molecule has 6 heteroatoms. The van der Waals surface area contributed by atoms with E-state index in [2.05, 4.69) is 4.98 Å². The van der Waals surface area contributed by atoms with Crippen LogP contribution in [0.4, 0.5) is 0 Å². The Kier molecular flexibility index (Phi) is 4.70. The fraction of sp³-hybridized carbons (Fsp3) is 0.200. The Hall–Kier alpha value is -2.21. The molecule has 0 bridgehead atoms. The molecule has 1 unspecified atom stereocenters. The largest absolute Gasteiger partial charge is 0.481 e. The fourth-order valence-corrected chi connectivity index (χ4v) is 3.05. The van der Waals surface area contributed by atoms with Crippen LogP contribution in [-0.4, -0.2) is 27.4 Å². The smallest absolute Gasteiger partial charge is 0.335 e. The molecule has 1 heterocycles. The lowest BCUT2D eigenvalue weighted by atomic mass is 10.1. The van der Waals surface area contributed by atoms with E-state index < -0.39 is 16.8 Å². The number of benzene rings is 1. The van der Waals surface area contributed by atoms with Crippen LogP contribution in [0, 0.1) is 6.92 Å². The lowest BCUT2D eigenvalue weighted by molar-refractivity contribution is 0.0696. The number of hydrogen-bond donors (Lipinski definition) is 1. The molecule has 0 saturated heterocycles. The first-order valence-electron chi connectivity index (χ1n) is 6.23. The SMILES string of the molecule is COc1ncccc1CS(=O)c1ccc(C)c(C(=O)O)c1. The third-order valence-electron chi connectivity index (χ3n) is 3.03. The zero-order valence-corrected chi connectivity index (χ0v) is 12.5. The monoisotopic (exact) mass is 305 g/mol. The van der Waals surface area contributed by atoms with Crippen LogP contribution < -0.4 is 4.74 Å². The molecular formula is C15H15NO4S. The molecule has 0 saturated carbocycles. The quantitative estimate of drug-likeness (QED) is 0.918. The Morgan fingerprint density at radius 1 is 1.38 bits per heavy atom. The fourth-order valence-electron chi connectivity index (χ4n) is 1.92. The summed E-state index contributed by atoms with van der Waals surface area (Å²) in [5, 5.41) is 9.11. The van der Waals surface area contributed by atoms with Crippen molar-refractivity contribution in [2.24, 2.45) is 0 Å². The second-order valence-electron chi connectivity index (χ2n) is 4.44. The molecular weight excluding hydrogens is 290 g/mol. The van der Waals surface area contributed by atoms with Gasteiger partial charge < -0.3 is 9.84 Å². The average Bonchev–Trinajstić information content (AvgIpc) is 2.47. The summed E-state index contributed by atoms with van der Waals surface area (Å²) in [6.07, 6.45) is 1.60. The number of aromatic carboxylic acids is 1. The van der Waals surface area contributed by atoms with Crippen LogP contribution in [0.5, 0.6) is 5.88 Å². The topological polar surface area (TPSA) is 76.5 Å². The van der Waals surface area contributed by atoms with Gasteiger partial charge in [-0.2, -0.15) is 0 Å². The summed E-state index contributed by atoms with van der Waals surface area (Å²) >= 11 is 0. The van der Waals surface area contributed by atoms with Crippen molar-refractivity contribution < 1.29 is 18.8 Å². The van der Waals surface area contributed by atoms with Crippen molar-refractivity contribution in [1.29, 1.82) is 0 Å². The molecule has 0 fully saturated rings. The van der Waals surface area contributed by atoms with Crippen molar-refractivity contribution in [3.8, 4) is 5.88 Å². The highest BCUT2D eigenvalue weighted by Gasteiger charge is 2.14. The van der Waals surface area contributed by atoms with E-state index >= 15 is 0 Å². The summed E-state index contributed by atoms with van der Waals surface area (Å²) in [4.78, 5) is 15.7. The molecule has 2 aromatic rings. The minimum Gasteiger partial charge on any atom is -0.481 e. The van der Waals surface area contributed by atoms with Gasteiger partial charge in [0, 0.05) is 16.7 Å². The summed E-state index contributed by atoms with van der Waals surface area (Å²) in [5.41, 5.74) is 1.52. The van der Waals surface area contributed by atoms with Gasteiger partial charge in [-0.05, 0) is 30.7 Å². The second kappa shape index (κ2) is 6.49. The third-order valence-corrected chi connectivity index (χ3v) is 4.39. The first-order chi connectivity index (χ1) is 10.0. The number of pyridine rings is 1. The van der Waals surface area contributed by atoms with E-state index in [4.69, 9.17) is 9.84 Å². The van der Waals surface area contributed by atoms with Crippen LogP contribution in [0.2, 0.25) is 0 Å². The lowest BCUT2D eigenvalue weighted by Crippen LogP contribution is -2.04. The van der Waals surface area contributed by atoms with Crippen LogP contribution in [-0.2, 0) is 16.6 Å². The minimum atomic E-state index is -1.36. The van der Waals surface area contributed by atoms with Crippen molar-refractivity contribution in [3.05, 3.63) is 53.2 Å². The Balaban J connectivity index is 2.29. The minimum absolute atomic E-state index is 0.166. The van der Waals surface area contributed by atoms with E-state index in [0.29, 0.717) is 16.3 Å². The molecule has 0 amide bonds. The molecule has 1 aromatic carbocycles. The molecule has 0 aliphatic heterocycles. The van der Waals surface area contributed by atoms with Gasteiger partial charge in [-0.1, -0.05) is 12.1 Å². The molecule has 1 atom stereocenters. The number of hydrogen-bond acceptors (Lipinski definition) is 4. The molecule has 21 heavy (non-hydrogen) atoms. The van der Waals surface area contributed by atoms with Gasteiger partial charge in [0.1, 0.15) is 0 Å². The maximum Gasteiger partial charge on any atom is 0.335 e. The number of aryl methyl sites for hydroxylation is 1. The number of ether oxygens (including phenoxy) is 1.